The van der Waals surface area contributed by atoms with E-state index in [4.69, 9.17) is 0 Å². The molecule has 0 aliphatic carbocycles. The highest BCUT2D eigenvalue weighted by atomic mass is 28.3. The molecule has 1 aliphatic rings. The van der Waals surface area contributed by atoms with Crippen LogP contribution in [0.5, 0.6) is 0 Å². The summed E-state index contributed by atoms with van der Waals surface area (Å²) in [5.41, 5.74) is 0. The molecule has 1 saturated heterocycles. The zero-order chi connectivity index (χ0) is 13.6. The van der Waals surface area contributed by atoms with Crippen molar-refractivity contribution < 1.29 is 9.90 Å². The van der Waals surface area contributed by atoms with Gasteiger partial charge in [-0.2, -0.15) is 0 Å². The molecule has 1 fully saturated rings. The predicted molar refractivity (Wildman–Crippen MR) is 73.3 cm³/mol. The van der Waals surface area contributed by atoms with Gasteiger partial charge < -0.3 is 9.67 Å². The van der Waals surface area contributed by atoms with Crippen molar-refractivity contribution in [2.24, 2.45) is 5.92 Å². The van der Waals surface area contributed by atoms with Crippen LogP contribution in [0.4, 0.5) is 0 Å². The molecule has 1 heterocycles. The Balaban J connectivity index is 2.92. The van der Waals surface area contributed by atoms with Crippen molar-refractivity contribution in [3.05, 3.63) is 0 Å². The molecule has 0 radical (unpaired) electrons. The van der Waals surface area contributed by atoms with Gasteiger partial charge in [-0.3, -0.25) is 4.79 Å². The summed E-state index contributed by atoms with van der Waals surface area (Å²) in [5, 5.41) is 9.99. The highest BCUT2D eigenvalue weighted by molar-refractivity contribution is 6.80. The van der Waals surface area contributed by atoms with E-state index < -0.39 is 14.3 Å². The fraction of sp³-hybridized carbons (Fsp3) is 0.923. The molecule has 4 heteroatoms. The maximum absolute atomic E-state index is 12.0. The Morgan fingerprint density at radius 3 is 2.18 bits per heavy atom. The van der Waals surface area contributed by atoms with E-state index in [1.807, 2.05) is 4.57 Å². The minimum absolute atomic E-state index is 0.0448. The molecule has 3 nitrogen and oxygen atoms in total. The van der Waals surface area contributed by atoms with Gasteiger partial charge in [0, 0.05) is 0 Å². The summed E-state index contributed by atoms with van der Waals surface area (Å²) in [6, 6.07) is 0.0448. The van der Waals surface area contributed by atoms with Crippen LogP contribution in [0.2, 0.25) is 18.1 Å². The first kappa shape index (κ1) is 14.7. The molecule has 2 atom stereocenters. The second kappa shape index (κ2) is 4.39. The number of rotatable bonds is 3. The predicted octanol–water partition coefficient (Wildman–Crippen LogP) is 2.61. The third-order valence-electron chi connectivity index (χ3n) is 4.34. The largest absolute Gasteiger partial charge is 0.381 e. The Bertz CT molecular complexity index is 307. The molecule has 0 saturated carbocycles. The summed E-state index contributed by atoms with van der Waals surface area (Å²) in [7, 11) is -1.83. The van der Waals surface area contributed by atoms with E-state index >= 15 is 0 Å². The van der Waals surface area contributed by atoms with E-state index in [-0.39, 0.29) is 17.0 Å². The van der Waals surface area contributed by atoms with Crippen molar-refractivity contribution in [3.63, 3.8) is 0 Å². The molecule has 0 unspecified atom stereocenters. The van der Waals surface area contributed by atoms with Crippen LogP contribution in [0, 0.1) is 5.92 Å². The van der Waals surface area contributed by atoms with Crippen LogP contribution in [-0.4, -0.2) is 36.0 Å². The van der Waals surface area contributed by atoms with Crippen LogP contribution in [0.3, 0.4) is 0 Å². The Morgan fingerprint density at radius 1 is 1.35 bits per heavy atom. The Hall–Kier alpha value is -0.353. The van der Waals surface area contributed by atoms with E-state index in [0.29, 0.717) is 5.92 Å². The van der Waals surface area contributed by atoms with Crippen LogP contribution in [-0.2, 0) is 4.79 Å². The van der Waals surface area contributed by atoms with Gasteiger partial charge >= 0.3 is 0 Å². The van der Waals surface area contributed by atoms with Gasteiger partial charge in [0.15, 0.2) is 14.3 Å². The smallest absolute Gasteiger partial charge is 0.245 e. The summed E-state index contributed by atoms with van der Waals surface area (Å²) >= 11 is 0. The average Bonchev–Trinajstić information content (AvgIpc) is 2.13. The standard InChI is InChI=1S/C13H27NO2Si/c1-9(2)8-10-11(15)12(16)14(10)17(6,7)13(3,4)5/h9-11,15H,8H2,1-7H3/t10-,11-/m0/s1. The summed E-state index contributed by atoms with van der Waals surface area (Å²) in [5.74, 6) is 0.456. The Kier molecular flexibility index (Phi) is 3.80. The SMILES string of the molecule is CC(C)C[C@H]1[C@H](O)C(=O)N1[Si](C)(C)C(C)(C)C. The number of carbonyl (C=O) groups excluding carboxylic acids is 1. The Labute approximate surface area is 106 Å². The quantitative estimate of drug-likeness (QED) is 0.623. The van der Waals surface area contributed by atoms with Crippen LogP contribution in [0.1, 0.15) is 41.0 Å². The molecule has 0 spiro atoms. The number of aliphatic hydroxyl groups is 1. The molecule has 0 aromatic carbocycles. The molecule has 17 heavy (non-hydrogen) atoms. The monoisotopic (exact) mass is 257 g/mol. The summed E-state index contributed by atoms with van der Waals surface area (Å²) in [4.78, 5) is 12.0. The average molecular weight is 257 g/mol. The van der Waals surface area contributed by atoms with E-state index in [0.717, 1.165) is 6.42 Å². The van der Waals surface area contributed by atoms with Gasteiger partial charge in [0.25, 0.3) is 0 Å². The van der Waals surface area contributed by atoms with Gasteiger partial charge in [0.1, 0.15) is 0 Å². The third kappa shape index (κ3) is 2.43. The van der Waals surface area contributed by atoms with E-state index in [9.17, 15) is 9.90 Å². The third-order valence-corrected chi connectivity index (χ3v) is 9.76. The number of amides is 1. The zero-order valence-electron chi connectivity index (χ0n) is 12.2. The van der Waals surface area contributed by atoms with Gasteiger partial charge in [-0.1, -0.05) is 47.7 Å². The molecule has 1 rings (SSSR count). The molecule has 1 N–H and O–H groups in total. The Morgan fingerprint density at radius 2 is 1.82 bits per heavy atom. The molecular weight excluding hydrogens is 230 g/mol. The first-order valence-corrected chi connectivity index (χ1v) is 9.46. The number of aliphatic hydroxyl groups excluding tert-OH is 1. The van der Waals surface area contributed by atoms with E-state index in [1.54, 1.807) is 0 Å². The minimum atomic E-state index is -1.83. The number of carbonyl (C=O) groups is 1. The van der Waals surface area contributed by atoms with E-state index in [2.05, 4.69) is 47.7 Å². The van der Waals surface area contributed by atoms with Crippen molar-refractivity contribution in [2.75, 3.05) is 0 Å². The van der Waals surface area contributed by atoms with Crippen LogP contribution < -0.4 is 0 Å². The van der Waals surface area contributed by atoms with Gasteiger partial charge in [-0.15, -0.1) is 0 Å². The van der Waals surface area contributed by atoms with Crippen molar-refractivity contribution in [2.45, 2.75) is 71.3 Å². The second-order valence-corrected chi connectivity index (χ2v) is 12.3. The molecule has 0 aromatic rings. The number of β-lactam (4-membered cyclic amide) rings is 1. The topological polar surface area (TPSA) is 40.5 Å². The number of hydrogen-bond donors (Lipinski definition) is 1. The molecular formula is C13H27NO2Si. The summed E-state index contributed by atoms with van der Waals surface area (Å²) < 4.78 is 2.03. The number of hydrogen-bond acceptors (Lipinski definition) is 2. The van der Waals surface area contributed by atoms with Crippen LogP contribution >= 0.6 is 0 Å². The zero-order valence-corrected chi connectivity index (χ0v) is 13.2. The van der Waals surface area contributed by atoms with E-state index in [1.165, 1.54) is 0 Å². The summed E-state index contributed by atoms with van der Waals surface area (Å²) in [6.07, 6.45) is 0.144. The van der Waals surface area contributed by atoms with Gasteiger partial charge in [-0.25, -0.2) is 0 Å². The fourth-order valence-electron chi connectivity index (χ4n) is 2.30. The first-order valence-electron chi connectivity index (χ1n) is 6.51. The summed E-state index contributed by atoms with van der Waals surface area (Å²) in [6.45, 7) is 15.3. The lowest BCUT2D eigenvalue weighted by Gasteiger charge is -2.57. The van der Waals surface area contributed by atoms with Crippen LogP contribution in [0.15, 0.2) is 0 Å². The van der Waals surface area contributed by atoms with Crippen molar-refractivity contribution in [1.82, 2.24) is 4.57 Å². The maximum Gasteiger partial charge on any atom is 0.245 e. The fourth-order valence-corrected chi connectivity index (χ4v) is 4.78. The normalized spacial score (nSPS) is 26.4. The molecule has 1 amide bonds. The lowest BCUT2D eigenvalue weighted by molar-refractivity contribution is -0.158. The lowest BCUT2D eigenvalue weighted by Crippen LogP contribution is -2.75. The number of nitrogens with zero attached hydrogens (tertiary/aromatic N) is 1. The van der Waals surface area contributed by atoms with Crippen molar-refractivity contribution in [3.8, 4) is 0 Å². The van der Waals surface area contributed by atoms with Crippen LogP contribution in [0.25, 0.3) is 0 Å². The minimum Gasteiger partial charge on any atom is -0.381 e. The highest BCUT2D eigenvalue weighted by Gasteiger charge is 2.56. The van der Waals surface area contributed by atoms with Crippen molar-refractivity contribution >= 4 is 14.1 Å². The van der Waals surface area contributed by atoms with Gasteiger partial charge in [0.2, 0.25) is 5.91 Å². The highest BCUT2D eigenvalue weighted by Crippen LogP contribution is 2.44. The maximum atomic E-state index is 12.0. The molecule has 0 bridgehead atoms. The van der Waals surface area contributed by atoms with Gasteiger partial charge in [-0.05, 0) is 17.4 Å². The molecule has 100 valence electrons. The second-order valence-electron chi connectivity index (χ2n) is 7.16. The first-order chi connectivity index (χ1) is 7.50. The van der Waals surface area contributed by atoms with Crippen molar-refractivity contribution in [1.29, 1.82) is 0 Å². The van der Waals surface area contributed by atoms with Gasteiger partial charge in [0.05, 0.1) is 6.04 Å². The molecule has 1 aliphatic heterocycles. The lowest BCUT2D eigenvalue weighted by atomic mass is 9.93. The molecule has 0 aromatic heterocycles.